The quantitative estimate of drug-likeness (QED) is 0.836. The molecular formula is C16H22Cl3N3O2. The number of nitrogens with one attached hydrogen (secondary N) is 1. The van der Waals surface area contributed by atoms with Gasteiger partial charge in [0.25, 0.3) is 5.56 Å². The molecule has 24 heavy (non-hydrogen) atoms. The van der Waals surface area contributed by atoms with E-state index in [2.05, 4.69) is 9.88 Å². The van der Waals surface area contributed by atoms with Gasteiger partial charge < -0.3 is 15.5 Å². The maximum atomic E-state index is 12.2. The number of nitrogens with two attached hydrogens (primary N) is 1. The lowest BCUT2D eigenvalue weighted by molar-refractivity contribution is -0.0336. The van der Waals surface area contributed by atoms with Crippen LogP contribution in [0.4, 0.5) is 0 Å². The maximum Gasteiger partial charge on any atom is 0.252 e. The predicted octanol–water partition coefficient (Wildman–Crippen LogP) is 2.57. The molecule has 0 amide bonds. The molecule has 5 nitrogen and oxygen atoms in total. The molecule has 0 bridgehead atoms. The summed E-state index contributed by atoms with van der Waals surface area (Å²) in [6, 6.07) is 7.47. The Bertz CT molecular complexity index is 721. The Labute approximate surface area is 158 Å². The van der Waals surface area contributed by atoms with Gasteiger partial charge in [0.05, 0.1) is 12.7 Å². The van der Waals surface area contributed by atoms with E-state index in [-0.39, 0.29) is 36.5 Å². The lowest BCUT2D eigenvalue weighted by Crippen LogP contribution is -2.43. The molecule has 0 saturated carbocycles. The first kappa shape index (κ1) is 21.2. The molecule has 1 aliphatic heterocycles. The summed E-state index contributed by atoms with van der Waals surface area (Å²) in [5, 5.41) is 1.61. The van der Waals surface area contributed by atoms with E-state index in [9.17, 15) is 4.79 Å². The monoisotopic (exact) mass is 393 g/mol. The number of hydrogen-bond donors (Lipinski definition) is 2. The molecule has 1 aliphatic rings. The lowest BCUT2D eigenvalue weighted by atomic mass is 10.1. The maximum absolute atomic E-state index is 12.2. The number of morpholine rings is 1. The number of pyridine rings is 1. The van der Waals surface area contributed by atoms with Crippen LogP contribution in [0, 0.1) is 0 Å². The van der Waals surface area contributed by atoms with Crippen molar-refractivity contribution >= 4 is 47.3 Å². The molecule has 2 aromatic rings. The molecule has 1 atom stereocenters. The van der Waals surface area contributed by atoms with Crippen LogP contribution in [0.15, 0.2) is 29.1 Å². The molecule has 2 heterocycles. The van der Waals surface area contributed by atoms with Crippen molar-refractivity contribution in [3.63, 3.8) is 0 Å². The first-order chi connectivity index (χ1) is 10.7. The summed E-state index contributed by atoms with van der Waals surface area (Å²) in [6.45, 7) is 3.58. The Hall–Kier alpha value is -0.820. The lowest BCUT2D eigenvalue weighted by Gasteiger charge is -2.32. The topological polar surface area (TPSA) is 71.3 Å². The minimum Gasteiger partial charge on any atom is -0.376 e. The second-order valence-corrected chi connectivity index (χ2v) is 6.10. The molecule has 1 aromatic heterocycles. The zero-order valence-corrected chi connectivity index (χ0v) is 15.6. The molecule has 0 radical (unpaired) electrons. The van der Waals surface area contributed by atoms with Crippen molar-refractivity contribution < 1.29 is 4.74 Å². The predicted molar refractivity (Wildman–Crippen MR) is 103 cm³/mol. The van der Waals surface area contributed by atoms with Crippen LogP contribution in [-0.2, 0) is 11.3 Å². The minimum atomic E-state index is -0.0587. The number of H-pyrrole nitrogens is 1. The highest BCUT2D eigenvalue weighted by atomic mass is 35.5. The van der Waals surface area contributed by atoms with Gasteiger partial charge in [0.15, 0.2) is 0 Å². The first-order valence-electron chi connectivity index (χ1n) is 7.51. The number of aromatic nitrogens is 1. The third-order valence-corrected chi connectivity index (χ3v) is 4.23. The normalized spacial score (nSPS) is 18.0. The summed E-state index contributed by atoms with van der Waals surface area (Å²) in [5.74, 6) is 0. The van der Waals surface area contributed by atoms with Crippen LogP contribution in [0.2, 0.25) is 5.02 Å². The third-order valence-electron chi connectivity index (χ3n) is 3.99. The first-order valence-corrected chi connectivity index (χ1v) is 7.89. The Kier molecular flexibility index (Phi) is 8.50. The fourth-order valence-electron chi connectivity index (χ4n) is 2.86. The van der Waals surface area contributed by atoms with Gasteiger partial charge in [-0.05, 0) is 36.6 Å². The third kappa shape index (κ3) is 5.09. The molecule has 134 valence electrons. The fraction of sp³-hybridized carbons (Fsp3) is 0.438. The molecule has 1 aromatic carbocycles. The van der Waals surface area contributed by atoms with Gasteiger partial charge in [-0.25, -0.2) is 0 Å². The smallest absolute Gasteiger partial charge is 0.252 e. The van der Waals surface area contributed by atoms with E-state index in [4.69, 9.17) is 22.1 Å². The van der Waals surface area contributed by atoms with Crippen LogP contribution < -0.4 is 11.3 Å². The summed E-state index contributed by atoms with van der Waals surface area (Å²) in [5.41, 5.74) is 7.07. The van der Waals surface area contributed by atoms with Gasteiger partial charge in [-0.2, -0.15) is 0 Å². The van der Waals surface area contributed by atoms with E-state index >= 15 is 0 Å². The number of benzene rings is 1. The molecule has 1 fully saturated rings. The van der Waals surface area contributed by atoms with Crippen molar-refractivity contribution in [3.05, 3.63) is 45.2 Å². The molecule has 1 unspecified atom stereocenters. The zero-order chi connectivity index (χ0) is 15.5. The van der Waals surface area contributed by atoms with Crippen LogP contribution in [0.5, 0.6) is 0 Å². The average Bonchev–Trinajstić information content (AvgIpc) is 2.49. The molecular weight excluding hydrogens is 373 g/mol. The number of halogens is 3. The summed E-state index contributed by atoms with van der Waals surface area (Å²) in [6.07, 6.45) is 1.01. The van der Waals surface area contributed by atoms with E-state index in [1.165, 1.54) is 0 Å². The van der Waals surface area contributed by atoms with Crippen molar-refractivity contribution in [3.8, 4) is 0 Å². The Balaban J connectivity index is 0.00000144. The van der Waals surface area contributed by atoms with E-state index in [0.29, 0.717) is 24.7 Å². The largest absolute Gasteiger partial charge is 0.376 e. The summed E-state index contributed by atoms with van der Waals surface area (Å²) < 4.78 is 5.68. The minimum absolute atomic E-state index is 0. The molecule has 8 heteroatoms. The van der Waals surface area contributed by atoms with E-state index in [1.807, 2.05) is 18.2 Å². The van der Waals surface area contributed by atoms with Gasteiger partial charge in [0, 0.05) is 35.7 Å². The van der Waals surface area contributed by atoms with Gasteiger partial charge in [0.2, 0.25) is 0 Å². The molecule has 0 aliphatic carbocycles. The molecule has 0 spiro atoms. The Morgan fingerprint density at radius 2 is 2.12 bits per heavy atom. The van der Waals surface area contributed by atoms with Crippen LogP contribution in [0.3, 0.4) is 0 Å². The molecule has 1 saturated heterocycles. The highest BCUT2D eigenvalue weighted by Crippen LogP contribution is 2.18. The van der Waals surface area contributed by atoms with E-state index in [0.717, 1.165) is 36.0 Å². The molecule has 3 N–H and O–H groups in total. The Morgan fingerprint density at radius 1 is 1.33 bits per heavy atom. The van der Waals surface area contributed by atoms with Gasteiger partial charge in [-0.1, -0.05) is 17.7 Å². The van der Waals surface area contributed by atoms with E-state index < -0.39 is 0 Å². The summed E-state index contributed by atoms with van der Waals surface area (Å²) >= 11 is 5.96. The number of rotatable bonds is 4. The highest BCUT2D eigenvalue weighted by molar-refractivity contribution is 6.31. The summed E-state index contributed by atoms with van der Waals surface area (Å²) in [7, 11) is 0. The number of nitrogens with zero attached hydrogens (tertiary/aromatic N) is 1. The van der Waals surface area contributed by atoms with Crippen molar-refractivity contribution in [2.75, 3.05) is 26.2 Å². The van der Waals surface area contributed by atoms with Crippen LogP contribution in [0.25, 0.3) is 10.9 Å². The van der Waals surface area contributed by atoms with E-state index in [1.54, 1.807) is 6.07 Å². The van der Waals surface area contributed by atoms with Gasteiger partial charge in [-0.3, -0.25) is 9.69 Å². The summed E-state index contributed by atoms with van der Waals surface area (Å²) in [4.78, 5) is 17.4. The number of ether oxygens (including phenoxy) is 1. The van der Waals surface area contributed by atoms with Crippen LogP contribution >= 0.6 is 36.4 Å². The number of fused-ring (bicyclic) bond motifs is 1. The molecule has 3 rings (SSSR count). The van der Waals surface area contributed by atoms with Crippen molar-refractivity contribution in [2.45, 2.75) is 19.1 Å². The van der Waals surface area contributed by atoms with Gasteiger partial charge in [0.1, 0.15) is 0 Å². The fourth-order valence-corrected chi connectivity index (χ4v) is 3.03. The number of hydrogen-bond acceptors (Lipinski definition) is 4. The zero-order valence-electron chi connectivity index (χ0n) is 13.2. The van der Waals surface area contributed by atoms with Crippen LogP contribution in [-0.4, -0.2) is 42.2 Å². The Morgan fingerprint density at radius 3 is 2.88 bits per heavy atom. The highest BCUT2D eigenvalue weighted by Gasteiger charge is 2.20. The average molecular weight is 395 g/mol. The standard InChI is InChI=1S/C16H20ClN3O2.2ClH/c17-13-2-1-11-7-12(16(21)19-15(11)8-13)9-20-5-6-22-14(10-20)3-4-18;;/h1-2,7-8,14H,3-6,9-10,18H2,(H,19,21);2*1H. The number of aromatic amines is 1. The van der Waals surface area contributed by atoms with Crippen LogP contribution in [0.1, 0.15) is 12.0 Å². The van der Waals surface area contributed by atoms with Crippen molar-refractivity contribution in [1.29, 1.82) is 0 Å². The second kappa shape index (κ2) is 9.61. The second-order valence-electron chi connectivity index (χ2n) is 5.66. The SMILES string of the molecule is Cl.Cl.NCCC1CN(Cc2cc3ccc(Cl)cc3[nH]c2=O)CCO1. The van der Waals surface area contributed by atoms with Gasteiger partial charge in [-0.15, -0.1) is 24.8 Å². The van der Waals surface area contributed by atoms with Gasteiger partial charge >= 0.3 is 0 Å². The van der Waals surface area contributed by atoms with Crippen molar-refractivity contribution in [2.24, 2.45) is 5.73 Å². The van der Waals surface area contributed by atoms with Crippen molar-refractivity contribution in [1.82, 2.24) is 9.88 Å².